The van der Waals surface area contributed by atoms with Gasteiger partial charge in [-0.25, -0.2) is 4.98 Å². The monoisotopic (exact) mass is 551 g/mol. The summed E-state index contributed by atoms with van der Waals surface area (Å²) < 4.78 is 21.7. The molecule has 2 N–H and O–H groups in total. The zero-order valence-electron chi connectivity index (χ0n) is 20.6. The molecule has 0 aliphatic carbocycles. The number of nitrogens with zero attached hydrogens (tertiary/aromatic N) is 3. The van der Waals surface area contributed by atoms with Crippen molar-refractivity contribution < 1.29 is 23.4 Å². The third kappa shape index (κ3) is 5.38. The van der Waals surface area contributed by atoms with Crippen LogP contribution in [0.2, 0.25) is 5.02 Å². The average Bonchev–Trinajstić information content (AvgIpc) is 3.58. The average molecular weight is 552 g/mol. The van der Waals surface area contributed by atoms with Gasteiger partial charge in [-0.05, 0) is 42.5 Å². The lowest BCUT2D eigenvalue weighted by Crippen LogP contribution is -2.14. The second-order valence-corrected chi connectivity index (χ2v) is 9.31. The lowest BCUT2D eigenvalue weighted by Gasteiger charge is -2.14. The first kappa shape index (κ1) is 25.4. The van der Waals surface area contributed by atoms with Gasteiger partial charge >= 0.3 is 0 Å². The number of aromatic nitrogens is 4. The van der Waals surface area contributed by atoms with Gasteiger partial charge in [-0.1, -0.05) is 23.4 Å². The molecule has 0 radical (unpaired) electrons. The molecule has 0 fully saturated rings. The molecule has 0 aliphatic heterocycles. The van der Waals surface area contributed by atoms with Gasteiger partial charge in [0, 0.05) is 34.0 Å². The molecule has 5 aromatic rings. The van der Waals surface area contributed by atoms with Crippen LogP contribution in [0.25, 0.3) is 33.9 Å². The van der Waals surface area contributed by atoms with Crippen molar-refractivity contribution in [1.29, 1.82) is 0 Å². The van der Waals surface area contributed by atoms with Crippen LogP contribution in [0, 0.1) is 0 Å². The second-order valence-electron chi connectivity index (χ2n) is 7.95. The maximum absolute atomic E-state index is 12.5. The number of halogens is 1. The predicted molar refractivity (Wildman–Crippen MR) is 145 cm³/mol. The van der Waals surface area contributed by atoms with Crippen LogP contribution in [0.4, 0.5) is 5.69 Å². The molecular formula is C26H22ClN5O5S. The first-order valence-corrected chi connectivity index (χ1v) is 12.7. The molecule has 2 heterocycles. The first-order valence-electron chi connectivity index (χ1n) is 11.3. The van der Waals surface area contributed by atoms with Crippen molar-refractivity contribution in [3.8, 4) is 40.1 Å². The molecule has 0 bridgehead atoms. The van der Waals surface area contributed by atoms with Crippen LogP contribution in [-0.4, -0.2) is 53.2 Å². The number of rotatable bonds is 9. The summed E-state index contributed by atoms with van der Waals surface area (Å²) in [4.78, 5) is 20.5. The Morgan fingerprint density at radius 1 is 0.974 bits per heavy atom. The molecule has 1 amide bonds. The quantitative estimate of drug-likeness (QED) is 0.222. The maximum atomic E-state index is 12.5. The molecule has 0 aliphatic rings. The molecule has 194 valence electrons. The molecule has 12 heteroatoms. The fraction of sp³-hybridized carbons (Fsp3) is 0.154. The fourth-order valence-electron chi connectivity index (χ4n) is 3.75. The van der Waals surface area contributed by atoms with Crippen LogP contribution in [0.3, 0.4) is 0 Å². The highest BCUT2D eigenvalue weighted by molar-refractivity contribution is 7.99. The van der Waals surface area contributed by atoms with E-state index in [9.17, 15) is 4.79 Å². The number of nitrogens with one attached hydrogen (secondary N) is 2. The molecule has 3 aromatic carbocycles. The van der Waals surface area contributed by atoms with Gasteiger partial charge < -0.3 is 28.9 Å². The van der Waals surface area contributed by atoms with Crippen molar-refractivity contribution in [2.45, 2.75) is 5.22 Å². The summed E-state index contributed by atoms with van der Waals surface area (Å²) in [6.07, 6.45) is 0. The number of carbonyl (C=O) groups is 1. The van der Waals surface area contributed by atoms with Crippen LogP contribution in [0.1, 0.15) is 0 Å². The molecule has 0 saturated heterocycles. The summed E-state index contributed by atoms with van der Waals surface area (Å²) in [7, 11) is 4.53. The van der Waals surface area contributed by atoms with Gasteiger partial charge in [-0.15, -0.1) is 10.2 Å². The van der Waals surface area contributed by atoms with Gasteiger partial charge in [0.2, 0.25) is 17.5 Å². The number of hydrogen-bond donors (Lipinski definition) is 2. The summed E-state index contributed by atoms with van der Waals surface area (Å²) >= 11 is 7.11. The Bertz CT molecular complexity index is 1580. The van der Waals surface area contributed by atoms with Gasteiger partial charge in [-0.3, -0.25) is 4.79 Å². The lowest BCUT2D eigenvalue weighted by atomic mass is 10.2. The van der Waals surface area contributed by atoms with Crippen LogP contribution in [0.15, 0.2) is 64.2 Å². The Morgan fingerprint density at radius 3 is 2.37 bits per heavy atom. The molecule has 2 aromatic heterocycles. The summed E-state index contributed by atoms with van der Waals surface area (Å²) in [5.41, 5.74) is 3.78. The van der Waals surface area contributed by atoms with Gasteiger partial charge in [0.15, 0.2) is 11.5 Å². The number of aromatic amines is 1. The van der Waals surface area contributed by atoms with E-state index in [2.05, 4.69) is 25.5 Å². The van der Waals surface area contributed by atoms with E-state index in [0.29, 0.717) is 33.8 Å². The molecule has 0 saturated carbocycles. The van der Waals surface area contributed by atoms with Crippen molar-refractivity contribution in [3.63, 3.8) is 0 Å². The summed E-state index contributed by atoms with van der Waals surface area (Å²) in [6.45, 7) is 0. The molecule has 0 atom stereocenters. The predicted octanol–water partition coefficient (Wildman–Crippen LogP) is 5.69. The molecule has 0 spiro atoms. The van der Waals surface area contributed by atoms with E-state index in [0.717, 1.165) is 39.7 Å². The van der Waals surface area contributed by atoms with E-state index >= 15 is 0 Å². The van der Waals surface area contributed by atoms with Gasteiger partial charge in [0.1, 0.15) is 5.82 Å². The molecule has 0 unspecified atom stereocenters. The molecular weight excluding hydrogens is 530 g/mol. The number of fused-ring (bicyclic) bond motifs is 1. The second kappa shape index (κ2) is 11.0. The van der Waals surface area contributed by atoms with E-state index in [4.69, 9.17) is 30.2 Å². The number of amides is 1. The summed E-state index contributed by atoms with van der Waals surface area (Å²) in [5.74, 6) is 2.17. The number of H-pyrrole nitrogens is 1. The number of thioether (sulfide) groups is 1. The van der Waals surface area contributed by atoms with Crippen molar-refractivity contribution in [2.24, 2.45) is 0 Å². The Hall–Kier alpha value is -4.22. The normalized spacial score (nSPS) is 10.9. The van der Waals surface area contributed by atoms with Crippen LogP contribution in [0.5, 0.6) is 17.2 Å². The van der Waals surface area contributed by atoms with Crippen LogP contribution in [-0.2, 0) is 4.79 Å². The Balaban J connectivity index is 1.25. The SMILES string of the molecule is COc1cc(NC(=O)CSc2nnc(-c3ccc4nc(-c5ccc(Cl)cc5)[nH]c4c3)o2)cc(OC)c1OC. The van der Waals surface area contributed by atoms with Crippen LogP contribution < -0.4 is 19.5 Å². The minimum Gasteiger partial charge on any atom is -0.493 e. The zero-order chi connectivity index (χ0) is 26.6. The minimum atomic E-state index is -0.266. The Labute approximate surface area is 226 Å². The van der Waals surface area contributed by atoms with Crippen molar-refractivity contribution in [1.82, 2.24) is 20.2 Å². The third-order valence-corrected chi connectivity index (χ3v) is 6.60. The summed E-state index contributed by atoms with van der Waals surface area (Å²) in [5, 5.41) is 11.9. The summed E-state index contributed by atoms with van der Waals surface area (Å²) in [6, 6.07) is 16.4. The van der Waals surface area contributed by atoms with Crippen molar-refractivity contribution in [3.05, 3.63) is 59.6 Å². The number of carbonyl (C=O) groups excluding carboxylic acids is 1. The Kier molecular flexibility index (Phi) is 7.38. The largest absolute Gasteiger partial charge is 0.493 e. The van der Waals surface area contributed by atoms with E-state index < -0.39 is 0 Å². The van der Waals surface area contributed by atoms with Crippen molar-refractivity contribution >= 4 is 46.0 Å². The number of imidazole rings is 1. The third-order valence-electron chi connectivity index (χ3n) is 5.53. The first-order chi connectivity index (χ1) is 18.5. The molecule has 38 heavy (non-hydrogen) atoms. The van der Waals surface area contributed by atoms with E-state index in [-0.39, 0.29) is 16.9 Å². The lowest BCUT2D eigenvalue weighted by molar-refractivity contribution is -0.113. The highest BCUT2D eigenvalue weighted by atomic mass is 35.5. The molecule has 10 nitrogen and oxygen atoms in total. The number of benzene rings is 3. The van der Waals surface area contributed by atoms with E-state index in [1.165, 1.54) is 21.3 Å². The highest BCUT2D eigenvalue weighted by Crippen LogP contribution is 2.40. The zero-order valence-corrected chi connectivity index (χ0v) is 22.1. The number of hydrogen-bond acceptors (Lipinski definition) is 9. The van der Waals surface area contributed by atoms with Crippen molar-refractivity contribution in [2.75, 3.05) is 32.4 Å². The number of methoxy groups -OCH3 is 3. The maximum Gasteiger partial charge on any atom is 0.277 e. The molecule has 5 rings (SSSR count). The van der Waals surface area contributed by atoms with Crippen LogP contribution >= 0.6 is 23.4 Å². The van der Waals surface area contributed by atoms with E-state index in [1.807, 2.05) is 42.5 Å². The smallest absolute Gasteiger partial charge is 0.277 e. The fourth-order valence-corrected chi connectivity index (χ4v) is 4.44. The van der Waals surface area contributed by atoms with Gasteiger partial charge in [0.25, 0.3) is 5.22 Å². The number of ether oxygens (including phenoxy) is 3. The number of anilines is 1. The topological polar surface area (TPSA) is 124 Å². The highest BCUT2D eigenvalue weighted by Gasteiger charge is 2.16. The minimum absolute atomic E-state index is 0.0579. The Morgan fingerprint density at radius 2 is 1.68 bits per heavy atom. The standard InChI is InChI=1S/C26H22ClN5O5S/c1-34-20-11-17(12-21(35-2)23(20)36-3)28-22(33)13-38-26-32-31-25(37-26)15-6-9-18-19(10-15)30-24(29-18)14-4-7-16(27)8-5-14/h4-12H,13H2,1-3H3,(H,28,33)(H,29,30). The van der Waals surface area contributed by atoms with Gasteiger partial charge in [0.05, 0.1) is 38.1 Å². The van der Waals surface area contributed by atoms with E-state index in [1.54, 1.807) is 12.1 Å². The van der Waals surface area contributed by atoms with Gasteiger partial charge in [-0.2, -0.15) is 0 Å².